The lowest BCUT2D eigenvalue weighted by Gasteiger charge is -2.47. The van der Waals surface area contributed by atoms with Crippen LogP contribution in [0, 0.1) is 5.82 Å². The van der Waals surface area contributed by atoms with Crippen molar-refractivity contribution in [1.29, 1.82) is 0 Å². The third kappa shape index (κ3) is 5.10. The van der Waals surface area contributed by atoms with E-state index in [4.69, 9.17) is 11.6 Å². The highest BCUT2D eigenvalue weighted by Crippen LogP contribution is 2.35. The summed E-state index contributed by atoms with van der Waals surface area (Å²) in [6.07, 6.45) is -0.506. The fraction of sp³-hybridized carbons (Fsp3) is 0.357. The number of pyridine rings is 1. The number of aliphatic hydroxyl groups is 1. The van der Waals surface area contributed by atoms with E-state index in [1.54, 1.807) is 25.5 Å². The molecule has 1 aliphatic rings. The van der Waals surface area contributed by atoms with E-state index in [-0.39, 0.29) is 12.4 Å². The molecular formula is C28H29ClF3N5O. The summed E-state index contributed by atoms with van der Waals surface area (Å²) in [4.78, 5) is 6.53. The molecule has 6 nitrogen and oxygen atoms in total. The van der Waals surface area contributed by atoms with Gasteiger partial charge in [-0.05, 0) is 42.2 Å². The van der Waals surface area contributed by atoms with Crippen molar-refractivity contribution in [3.63, 3.8) is 0 Å². The van der Waals surface area contributed by atoms with Crippen LogP contribution in [0.4, 0.5) is 18.9 Å². The molecule has 4 aromatic rings. The first kappa shape index (κ1) is 26.5. The maximum absolute atomic E-state index is 14.8. The van der Waals surface area contributed by atoms with Crippen molar-refractivity contribution in [2.24, 2.45) is 7.05 Å². The van der Waals surface area contributed by atoms with Gasteiger partial charge in [0.25, 0.3) is 6.43 Å². The Morgan fingerprint density at radius 2 is 1.95 bits per heavy atom. The molecule has 2 atom stereocenters. The van der Waals surface area contributed by atoms with E-state index >= 15 is 0 Å². The molecule has 0 radical (unpaired) electrons. The number of fused-ring (bicyclic) bond motifs is 1. The minimum absolute atomic E-state index is 0.154. The second-order valence-electron chi connectivity index (χ2n) is 9.80. The lowest BCUT2D eigenvalue weighted by Crippen LogP contribution is -2.65. The third-order valence-electron chi connectivity index (χ3n) is 7.35. The minimum Gasteiger partial charge on any atom is -0.385 e. The Morgan fingerprint density at radius 3 is 2.68 bits per heavy atom. The Morgan fingerprint density at radius 1 is 1.16 bits per heavy atom. The van der Waals surface area contributed by atoms with Gasteiger partial charge in [-0.15, -0.1) is 11.6 Å². The van der Waals surface area contributed by atoms with Gasteiger partial charge in [-0.2, -0.15) is 5.10 Å². The van der Waals surface area contributed by atoms with Crippen molar-refractivity contribution < 1.29 is 18.3 Å². The van der Waals surface area contributed by atoms with E-state index in [2.05, 4.69) is 15.4 Å². The van der Waals surface area contributed by atoms with Crippen molar-refractivity contribution in [3.8, 4) is 11.3 Å². The van der Waals surface area contributed by atoms with Crippen molar-refractivity contribution >= 4 is 28.2 Å². The van der Waals surface area contributed by atoms with Gasteiger partial charge in [-0.1, -0.05) is 30.3 Å². The Balaban J connectivity index is 1.45. The van der Waals surface area contributed by atoms with E-state index in [0.717, 1.165) is 11.1 Å². The summed E-state index contributed by atoms with van der Waals surface area (Å²) in [5, 5.41) is 18.7. The van der Waals surface area contributed by atoms with E-state index < -0.39 is 23.9 Å². The second kappa shape index (κ2) is 10.9. The standard InChI is InChI=1S/C28H29ClF3N5O/c1-36-25-21(15-35-36)10-19(11-22(25)30)23-12-20(13-29)24(16-33-23)37-9-5-8-28(17-37,26(38)27(31)32)34-14-18-6-3-2-4-7-18/h2-4,6-7,10-12,15-16,26-27,34,38H,5,8-9,13-14,17H2,1H3/t26-,28-/m1/s1. The summed E-state index contributed by atoms with van der Waals surface area (Å²) in [5.74, 6) is -0.247. The number of nitrogens with zero attached hydrogens (tertiary/aromatic N) is 4. The summed E-state index contributed by atoms with van der Waals surface area (Å²) < 4.78 is 44.0. The quantitative estimate of drug-likeness (QED) is 0.296. The molecule has 3 heterocycles. The molecular weight excluding hydrogens is 515 g/mol. The Hall–Kier alpha value is -3.14. The minimum atomic E-state index is -2.90. The molecule has 0 saturated carbocycles. The molecule has 2 aromatic heterocycles. The number of piperidine rings is 1. The number of alkyl halides is 3. The number of aliphatic hydroxyl groups excluding tert-OH is 1. The molecule has 2 aromatic carbocycles. The monoisotopic (exact) mass is 543 g/mol. The number of aryl methyl sites for hydroxylation is 1. The highest BCUT2D eigenvalue weighted by atomic mass is 35.5. The number of anilines is 1. The normalized spacial score (nSPS) is 18.9. The van der Waals surface area contributed by atoms with Gasteiger partial charge in [0.05, 0.1) is 29.3 Å². The highest BCUT2D eigenvalue weighted by Gasteiger charge is 2.46. The van der Waals surface area contributed by atoms with Crippen molar-refractivity contribution in [2.75, 3.05) is 18.0 Å². The van der Waals surface area contributed by atoms with Gasteiger partial charge >= 0.3 is 0 Å². The van der Waals surface area contributed by atoms with Crippen LogP contribution in [0.25, 0.3) is 22.2 Å². The summed E-state index contributed by atoms with van der Waals surface area (Å²) in [6, 6.07) is 14.5. The van der Waals surface area contributed by atoms with Gasteiger partial charge in [0, 0.05) is 43.5 Å². The first-order valence-corrected chi connectivity index (χ1v) is 13.0. The summed E-state index contributed by atoms with van der Waals surface area (Å²) in [5.41, 5.74) is 2.72. The van der Waals surface area contributed by atoms with Crippen LogP contribution in [0.15, 0.2) is 60.9 Å². The molecule has 38 heavy (non-hydrogen) atoms. The summed E-state index contributed by atoms with van der Waals surface area (Å²) in [6.45, 7) is 1.11. The van der Waals surface area contributed by atoms with Gasteiger partial charge in [-0.3, -0.25) is 9.67 Å². The molecule has 0 spiro atoms. The fourth-order valence-corrected chi connectivity index (χ4v) is 5.56. The third-order valence-corrected chi connectivity index (χ3v) is 7.64. The van der Waals surface area contributed by atoms with Crippen LogP contribution in [-0.4, -0.2) is 51.0 Å². The van der Waals surface area contributed by atoms with Crippen molar-refractivity contribution in [3.05, 3.63) is 77.9 Å². The van der Waals surface area contributed by atoms with Crippen LogP contribution in [-0.2, 0) is 19.5 Å². The molecule has 1 saturated heterocycles. The average Bonchev–Trinajstić information content (AvgIpc) is 3.32. The molecule has 0 unspecified atom stereocenters. The SMILES string of the molecule is Cn1ncc2cc(-c3cc(CCl)c(N4CCC[C@](NCc5ccccc5)([C@H](O)C(F)F)C4)cn3)cc(F)c21. The number of rotatable bonds is 8. The van der Waals surface area contributed by atoms with Gasteiger partial charge < -0.3 is 15.3 Å². The zero-order valence-corrected chi connectivity index (χ0v) is 21.7. The molecule has 200 valence electrons. The molecule has 1 aliphatic heterocycles. The average molecular weight is 544 g/mol. The topological polar surface area (TPSA) is 66.2 Å². The zero-order valence-electron chi connectivity index (χ0n) is 20.9. The van der Waals surface area contributed by atoms with Crippen LogP contribution in [0.5, 0.6) is 0 Å². The largest absolute Gasteiger partial charge is 0.385 e. The summed E-state index contributed by atoms with van der Waals surface area (Å²) >= 11 is 6.34. The Bertz CT molecular complexity index is 1420. The molecule has 0 aliphatic carbocycles. The van der Waals surface area contributed by atoms with Gasteiger partial charge in [0.2, 0.25) is 0 Å². The van der Waals surface area contributed by atoms with Crippen molar-refractivity contribution in [2.45, 2.75) is 43.3 Å². The predicted octanol–water partition coefficient (Wildman–Crippen LogP) is 5.27. The van der Waals surface area contributed by atoms with Crippen LogP contribution in [0.2, 0.25) is 0 Å². The van der Waals surface area contributed by atoms with Gasteiger partial charge in [0.1, 0.15) is 17.4 Å². The highest BCUT2D eigenvalue weighted by molar-refractivity contribution is 6.17. The molecule has 0 amide bonds. The van der Waals surface area contributed by atoms with E-state index in [1.807, 2.05) is 41.3 Å². The van der Waals surface area contributed by atoms with Gasteiger partial charge in [-0.25, -0.2) is 13.2 Å². The number of halogens is 4. The molecule has 2 N–H and O–H groups in total. The smallest absolute Gasteiger partial charge is 0.265 e. The number of hydrogen-bond acceptors (Lipinski definition) is 5. The van der Waals surface area contributed by atoms with Crippen LogP contribution < -0.4 is 10.2 Å². The Labute approximate surface area is 224 Å². The van der Waals surface area contributed by atoms with Crippen molar-refractivity contribution in [1.82, 2.24) is 20.1 Å². The van der Waals surface area contributed by atoms with E-state index in [1.165, 1.54) is 10.7 Å². The first-order chi connectivity index (χ1) is 18.3. The van der Waals surface area contributed by atoms with E-state index in [9.17, 15) is 18.3 Å². The zero-order chi connectivity index (χ0) is 26.9. The van der Waals surface area contributed by atoms with Crippen LogP contribution in [0.3, 0.4) is 0 Å². The lowest BCUT2D eigenvalue weighted by molar-refractivity contribution is -0.0657. The lowest BCUT2D eigenvalue weighted by atomic mass is 9.83. The van der Waals surface area contributed by atoms with Gasteiger partial charge in [0.15, 0.2) is 0 Å². The first-order valence-electron chi connectivity index (χ1n) is 12.5. The van der Waals surface area contributed by atoms with E-state index in [0.29, 0.717) is 53.8 Å². The van der Waals surface area contributed by atoms with Crippen LogP contribution in [0.1, 0.15) is 24.0 Å². The predicted molar refractivity (Wildman–Crippen MR) is 143 cm³/mol. The molecule has 1 fully saturated rings. The number of hydrogen-bond donors (Lipinski definition) is 2. The fourth-order valence-electron chi connectivity index (χ4n) is 5.35. The molecule has 5 rings (SSSR count). The Kier molecular flexibility index (Phi) is 7.61. The maximum Gasteiger partial charge on any atom is 0.265 e. The summed E-state index contributed by atoms with van der Waals surface area (Å²) in [7, 11) is 1.68. The molecule has 0 bridgehead atoms. The maximum atomic E-state index is 14.8. The number of nitrogens with one attached hydrogen (secondary N) is 1. The number of benzene rings is 2. The second-order valence-corrected chi connectivity index (χ2v) is 10.1. The number of aromatic nitrogens is 3. The van der Waals surface area contributed by atoms with Crippen LogP contribution >= 0.6 is 11.6 Å². The molecule has 10 heteroatoms.